The highest BCUT2D eigenvalue weighted by atomic mass is 16.5. The quantitative estimate of drug-likeness (QED) is 0.269. The summed E-state index contributed by atoms with van der Waals surface area (Å²) in [6, 6.07) is 18.5. The molecule has 2 aromatic heterocycles. The second-order valence-electron chi connectivity index (χ2n) is 9.87. The molecule has 0 saturated heterocycles. The van der Waals surface area contributed by atoms with Crippen molar-refractivity contribution in [3.05, 3.63) is 110 Å². The van der Waals surface area contributed by atoms with Gasteiger partial charge in [-0.15, -0.1) is 0 Å². The molecule has 0 unspecified atom stereocenters. The van der Waals surface area contributed by atoms with E-state index in [9.17, 15) is 14.4 Å². The van der Waals surface area contributed by atoms with E-state index in [2.05, 4.69) is 0 Å². The molecule has 1 atom stereocenters. The van der Waals surface area contributed by atoms with Crippen LogP contribution in [0.4, 0.5) is 0 Å². The van der Waals surface area contributed by atoms with Crippen LogP contribution in [0.25, 0.3) is 21.9 Å². The minimum atomic E-state index is -0.702. The van der Waals surface area contributed by atoms with Gasteiger partial charge in [0.25, 0.3) is 5.91 Å². The molecule has 0 saturated carbocycles. The first kappa shape index (κ1) is 26.2. The highest BCUT2D eigenvalue weighted by Gasteiger charge is 2.34. The SMILES string of the molecule is COc1cc2c(cc1OC)[C@@H](COc1ccc3c(C)cc(=O)oc3c1)N(C(=O)c1cc3ccccc3oc1=O)CC2. The minimum Gasteiger partial charge on any atom is -0.493 e. The second-order valence-corrected chi connectivity index (χ2v) is 9.87. The van der Waals surface area contributed by atoms with E-state index < -0.39 is 23.2 Å². The summed E-state index contributed by atoms with van der Waals surface area (Å²) >= 11 is 0. The Labute approximate surface area is 234 Å². The number of carbonyl (C=O) groups is 1. The van der Waals surface area contributed by atoms with Crippen LogP contribution in [0.3, 0.4) is 0 Å². The summed E-state index contributed by atoms with van der Waals surface area (Å²) < 4.78 is 28.1. The molecule has 1 amide bonds. The number of aryl methyl sites for hydroxylation is 1. The molecule has 5 aromatic rings. The molecule has 3 aromatic carbocycles. The van der Waals surface area contributed by atoms with E-state index in [4.69, 9.17) is 23.0 Å². The second kappa shape index (κ2) is 10.5. The molecule has 0 aliphatic carbocycles. The molecular weight excluding hydrogens is 526 g/mol. The molecule has 208 valence electrons. The number of hydrogen-bond donors (Lipinski definition) is 0. The largest absolute Gasteiger partial charge is 0.493 e. The fourth-order valence-electron chi connectivity index (χ4n) is 5.39. The number of para-hydroxylation sites is 1. The van der Waals surface area contributed by atoms with Gasteiger partial charge in [-0.1, -0.05) is 18.2 Å². The zero-order valence-corrected chi connectivity index (χ0v) is 22.8. The van der Waals surface area contributed by atoms with Crippen molar-refractivity contribution >= 4 is 27.8 Å². The summed E-state index contributed by atoms with van der Waals surface area (Å²) in [6.07, 6.45) is 0.539. The van der Waals surface area contributed by atoms with Gasteiger partial charge in [0, 0.05) is 29.4 Å². The number of fused-ring (bicyclic) bond motifs is 3. The minimum absolute atomic E-state index is 0.0550. The number of amides is 1. The fourth-order valence-corrected chi connectivity index (χ4v) is 5.39. The van der Waals surface area contributed by atoms with Crippen molar-refractivity contribution in [1.29, 1.82) is 0 Å². The van der Waals surface area contributed by atoms with Gasteiger partial charge in [0.2, 0.25) is 0 Å². The average Bonchev–Trinajstić information content (AvgIpc) is 2.98. The van der Waals surface area contributed by atoms with E-state index in [1.54, 1.807) is 55.5 Å². The molecule has 0 spiro atoms. The molecule has 3 heterocycles. The number of benzene rings is 3. The molecular formula is C32H27NO8. The van der Waals surface area contributed by atoms with Gasteiger partial charge < -0.3 is 27.9 Å². The third kappa shape index (κ3) is 4.80. The molecule has 0 N–H and O–H groups in total. The van der Waals surface area contributed by atoms with Crippen molar-refractivity contribution < 1.29 is 27.8 Å². The van der Waals surface area contributed by atoms with Crippen LogP contribution in [-0.4, -0.2) is 38.2 Å². The zero-order chi connectivity index (χ0) is 28.7. The van der Waals surface area contributed by atoms with Gasteiger partial charge in [-0.25, -0.2) is 9.59 Å². The summed E-state index contributed by atoms with van der Waals surface area (Å²) in [5, 5.41) is 1.46. The lowest BCUT2D eigenvalue weighted by Gasteiger charge is -2.37. The molecule has 0 radical (unpaired) electrons. The third-order valence-corrected chi connectivity index (χ3v) is 7.47. The van der Waals surface area contributed by atoms with E-state index in [0.717, 1.165) is 22.1 Å². The Morgan fingerprint density at radius 3 is 2.51 bits per heavy atom. The van der Waals surface area contributed by atoms with Crippen LogP contribution in [0, 0.1) is 6.92 Å². The summed E-state index contributed by atoms with van der Waals surface area (Å²) in [5.74, 6) is 1.11. The molecule has 41 heavy (non-hydrogen) atoms. The summed E-state index contributed by atoms with van der Waals surface area (Å²) in [7, 11) is 3.12. The summed E-state index contributed by atoms with van der Waals surface area (Å²) in [5.41, 5.74) is 2.21. The van der Waals surface area contributed by atoms with Gasteiger partial charge in [0.1, 0.15) is 29.1 Å². The number of ether oxygens (including phenoxy) is 3. The van der Waals surface area contributed by atoms with Gasteiger partial charge >= 0.3 is 11.3 Å². The molecule has 1 aliphatic rings. The lowest BCUT2D eigenvalue weighted by molar-refractivity contribution is 0.0585. The van der Waals surface area contributed by atoms with E-state index in [0.29, 0.717) is 46.8 Å². The predicted molar refractivity (Wildman–Crippen MR) is 152 cm³/mol. The molecule has 0 bridgehead atoms. The van der Waals surface area contributed by atoms with E-state index >= 15 is 0 Å². The number of nitrogens with zero attached hydrogens (tertiary/aromatic N) is 1. The van der Waals surface area contributed by atoms with E-state index in [-0.39, 0.29) is 12.2 Å². The van der Waals surface area contributed by atoms with Crippen molar-refractivity contribution in [3.8, 4) is 17.2 Å². The van der Waals surface area contributed by atoms with Crippen LogP contribution in [0.5, 0.6) is 17.2 Å². The van der Waals surface area contributed by atoms with Crippen LogP contribution in [0.2, 0.25) is 0 Å². The van der Waals surface area contributed by atoms with Crippen LogP contribution in [0.15, 0.2) is 85.2 Å². The van der Waals surface area contributed by atoms with Gasteiger partial charge in [0.05, 0.1) is 20.3 Å². The molecule has 6 rings (SSSR count). The highest BCUT2D eigenvalue weighted by Crippen LogP contribution is 2.39. The normalized spacial score (nSPS) is 14.6. The molecule has 9 nitrogen and oxygen atoms in total. The van der Waals surface area contributed by atoms with Crippen molar-refractivity contribution in [1.82, 2.24) is 4.90 Å². The van der Waals surface area contributed by atoms with Gasteiger partial charge in [-0.2, -0.15) is 0 Å². The fraction of sp³-hybridized carbons (Fsp3) is 0.219. The standard InChI is InChI=1S/C32H27NO8/c1-18-12-30(34)40-27-15-21(8-9-22(18)27)39-17-25-23-16-29(38-3)28(37-2)14-19(23)10-11-33(25)31(35)24-13-20-6-4-5-7-26(20)41-32(24)36/h4-9,12-16,25H,10-11,17H2,1-3H3/t25-/m1/s1. The smallest absolute Gasteiger partial charge is 0.349 e. The first-order chi connectivity index (χ1) is 19.9. The molecule has 0 fully saturated rings. The van der Waals surface area contributed by atoms with Crippen molar-refractivity contribution in [3.63, 3.8) is 0 Å². The van der Waals surface area contributed by atoms with Gasteiger partial charge in [-0.3, -0.25) is 4.79 Å². The Kier molecular flexibility index (Phi) is 6.70. The molecule has 1 aliphatic heterocycles. The Balaban J connectivity index is 1.40. The lowest BCUT2D eigenvalue weighted by atomic mass is 9.91. The van der Waals surface area contributed by atoms with Gasteiger partial charge in [0.15, 0.2) is 11.5 Å². The average molecular weight is 554 g/mol. The van der Waals surface area contributed by atoms with Crippen molar-refractivity contribution in [2.24, 2.45) is 0 Å². The van der Waals surface area contributed by atoms with Crippen LogP contribution >= 0.6 is 0 Å². The monoisotopic (exact) mass is 553 g/mol. The maximum atomic E-state index is 13.9. The van der Waals surface area contributed by atoms with Crippen LogP contribution in [-0.2, 0) is 6.42 Å². The van der Waals surface area contributed by atoms with E-state index in [1.807, 2.05) is 31.2 Å². The lowest BCUT2D eigenvalue weighted by Crippen LogP contribution is -2.44. The summed E-state index contributed by atoms with van der Waals surface area (Å²) in [4.78, 5) is 40.4. The summed E-state index contributed by atoms with van der Waals surface area (Å²) in [6.45, 7) is 2.25. The first-order valence-electron chi connectivity index (χ1n) is 13.1. The number of rotatable bonds is 6. The maximum Gasteiger partial charge on any atom is 0.349 e. The zero-order valence-electron chi connectivity index (χ0n) is 22.8. The number of carbonyl (C=O) groups excluding carboxylic acids is 1. The van der Waals surface area contributed by atoms with Gasteiger partial charge in [-0.05, 0) is 66.4 Å². The molecule has 9 heteroatoms. The maximum absolute atomic E-state index is 13.9. The van der Waals surface area contributed by atoms with Crippen LogP contribution < -0.4 is 25.5 Å². The van der Waals surface area contributed by atoms with Crippen molar-refractivity contribution in [2.45, 2.75) is 19.4 Å². The third-order valence-electron chi connectivity index (χ3n) is 7.47. The Morgan fingerprint density at radius 1 is 0.927 bits per heavy atom. The Hall–Kier alpha value is -5.05. The first-order valence-corrected chi connectivity index (χ1v) is 13.1. The highest BCUT2D eigenvalue weighted by molar-refractivity contribution is 5.97. The Bertz CT molecular complexity index is 1920. The van der Waals surface area contributed by atoms with Crippen LogP contribution in [0.1, 0.15) is 33.1 Å². The topological polar surface area (TPSA) is 108 Å². The predicted octanol–water partition coefficient (Wildman–Crippen LogP) is 5.04. The Morgan fingerprint density at radius 2 is 1.71 bits per heavy atom. The van der Waals surface area contributed by atoms with Crippen molar-refractivity contribution in [2.75, 3.05) is 27.4 Å². The number of hydrogen-bond acceptors (Lipinski definition) is 8. The number of methoxy groups -OCH3 is 2. The van der Waals surface area contributed by atoms with E-state index in [1.165, 1.54) is 6.07 Å².